The van der Waals surface area contributed by atoms with Gasteiger partial charge in [0.05, 0.1) is 23.7 Å². The number of Topliss-reactive ketones (excluding diaryl/α,β-unsaturated/α-hetero) is 1. The Morgan fingerprint density at radius 3 is 2.23 bits per heavy atom. The summed E-state index contributed by atoms with van der Waals surface area (Å²) >= 11 is 0. The monoisotopic (exact) mass is 398 g/mol. The molecule has 0 fully saturated rings. The maximum Gasteiger partial charge on any atom is 0.236 e. The van der Waals surface area contributed by atoms with Crippen molar-refractivity contribution in [2.24, 2.45) is 5.41 Å². The van der Waals surface area contributed by atoms with Crippen molar-refractivity contribution < 1.29 is 21.6 Å². The van der Waals surface area contributed by atoms with E-state index in [-0.39, 0.29) is 11.2 Å². The summed E-state index contributed by atoms with van der Waals surface area (Å²) in [6.07, 6.45) is 2.91. The summed E-state index contributed by atoms with van der Waals surface area (Å²) < 4.78 is 51.8. The van der Waals surface area contributed by atoms with Gasteiger partial charge in [0.2, 0.25) is 20.0 Å². The molecule has 0 saturated heterocycles. The molecule has 0 bridgehead atoms. The summed E-state index contributed by atoms with van der Waals surface area (Å²) in [4.78, 5) is 12.8. The number of rotatable bonds is 3. The smallest absolute Gasteiger partial charge is 0.236 e. The molecule has 7 nitrogen and oxygen atoms in total. The van der Waals surface area contributed by atoms with Crippen LogP contribution >= 0.6 is 0 Å². The zero-order valence-electron chi connectivity index (χ0n) is 15.4. The minimum Gasteiger partial charge on any atom is -0.294 e. The molecule has 0 amide bonds. The molecule has 1 aromatic heterocycles. The Kier molecular flexibility index (Phi) is 4.04. The molecule has 0 saturated carbocycles. The number of hydrogen-bond donors (Lipinski definition) is 1. The van der Waals surface area contributed by atoms with Gasteiger partial charge in [-0.3, -0.25) is 9.52 Å². The van der Waals surface area contributed by atoms with Crippen molar-refractivity contribution >= 4 is 42.4 Å². The number of nitrogens with one attached hydrogen (secondary N) is 1. The fourth-order valence-electron chi connectivity index (χ4n) is 3.66. The Hall–Kier alpha value is -1.87. The summed E-state index contributed by atoms with van der Waals surface area (Å²) in [5, 5.41) is 0.461. The number of sulfonamides is 1. The molecule has 26 heavy (non-hydrogen) atoms. The Morgan fingerprint density at radius 1 is 1.08 bits per heavy atom. The topological polar surface area (TPSA) is 102 Å². The van der Waals surface area contributed by atoms with Gasteiger partial charge >= 0.3 is 0 Å². The third-order valence-electron chi connectivity index (χ3n) is 4.56. The van der Waals surface area contributed by atoms with Crippen LogP contribution in [-0.2, 0) is 26.5 Å². The molecule has 0 atom stereocenters. The van der Waals surface area contributed by atoms with Gasteiger partial charge in [0.25, 0.3) is 0 Å². The van der Waals surface area contributed by atoms with Gasteiger partial charge in [-0.2, -0.15) is 0 Å². The van der Waals surface area contributed by atoms with E-state index >= 15 is 0 Å². The molecule has 9 heteroatoms. The minimum atomic E-state index is -3.64. The molecule has 1 N–H and O–H groups in total. The summed E-state index contributed by atoms with van der Waals surface area (Å²) in [7, 11) is -7.14. The Bertz CT molecular complexity index is 1160. The maximum absolute atomic E-state index is 12.8. The van der Waals surface area contributed by atoms with Crippen molar-refractivity contribution in [2.75, 3.05) is 17.2 Å². The standard InChI is InChI=1S/C17H22N2O5S2/c1-10-6-13-11(7-12(10)18-25(4,21)22)16-14(19(13)26(5,23)24)8-17(2,3)9-15(16)20/h6-7,18H,8-9H2,1-5H3. The summed E-state index contributed by atoms with van der Waals surface area (Å²) in [5.74, 6) is -0.127. The van der Waals surface area contributed by atoms with Crippen LogP contribution in [0.1, 0.15) is 41.9 Å². The highest BCUT2D eigenvalue weighted by Gasteiger charge is 2.37. The van der Waals surface area contributed by atoms with Gasteiger partial charge in [0, 0.05) is 23.1 Å². The van der Waals surface area contributed by atoms with Gasteiger partial charge in [0.1, 0.15) is 0 Å². The Morgan fingerprint density at radius 2 is 1.69 bits per heavy atom. The van der Waals surface area contributed by atoms with Crippen LogP contribution < -0.4 is 4.72 Å². The number of benzene rings is 1. The summed E-state index contributed by atoms with van der Waals surface area (Å²) in [5.41, 5.74) is 1.82. The number of aromatic nitrogens is 1. The SMILES string of the molecule is Cc1cc2c(cc1NS(C)(=O)=O)c1c(n2S(C)(=O)=O)CC(C)(C)CC1=O. The van der Waals surface area contributed by atoms with Crippen molar-refractivity contribution in [1.82, 2.24) is 3.97 Å². The van der Waals surface area contributed by atoms with Crippen molar-refractivity contribution in [3.05, 3.63) is 29.0 Å². The van der Waals surface area contributed by atoms with Crippen LogP contribution in [-0.4, -0.2) is 39.1 Å². The van der Waals surface area contributed by atoms with Crippen LogP contribution in [0, 0.1) is 12.3 Å². The first-order chi connectivity index (χ1) is 11.7. The molecule has 1 aliphatic rings. The van der Waals surface area contributed by atoms with Crippen molar-refractivity contribution in [3.63, 3.8) is 0 Å². The van der Waals surface area contributed by atoms with Gasteiger partial charge in [0.15, 0.2) is 5.78 Å². The average Bonchev–Trinajstić information content (AvgIpc) is 2.68. The predicted octanol–water partition coefficient (Wildman–Crippen LogP) is 2.28. The second kappa shape index (κ2) is 5.56. The molecule has 1 aliphatic carbocycles. The lowest BCUT2D eigenvalue weighted by Gasteiger charge is -2.29. The molecule has 0 radical (unpaired) electrons. The first-order valence-electron chi connectivity index (χ1n) is 8.09. The molecule has 1 aromatic carbocycles. The molecular formula is C17H22N2O5S2. The minimum absolute atomic E-state index is 0.127. The van der Waals surface area contributed by atoms with Crippen LogP contribution in [0.4, 0.5) is 5.69 Å². The zero-order chi connectivity index (χ0) is 19.7. The van der Waals surface area contributed by atoms with Gasteiger partial charge < -0.3 is 0 Å². The molecule has 1 heterocycles. The number of carbonyl (C=O) groups excluding carboxylic acids is 1. The van der Waals surface area contributed by atoms with Gasteiger partial charge in [-0.05, 0) is 36.5 Å². The average molecular weight is 399 g/mol. The molecule has 0 unspecified atom stereocenters. The molecule has 142 valence electrons. The summed E-state index contributed by atoms with van der Waals surface area (Å²) in [6.45, 7) is 5.55. The van der Waals surface area contributed by atoms with Crippen LogP contribution in [0.5, 0.6) is 0 Å². The quantitative estimate of drug-likeness (QED) is 0.854. The van der Waals surface area contributed by atoms with Crippen LogP contribution in [0.25, 0.3) is 10.9 Å². The number of aryl methyl sites for hydroxylation is 1. The summed E-state index contributed by atoms with van der Waals surface area (Å²) in [6, 6.07) is 3.17. The number of carbonyl (C=O) groups is 1. The van der Waals surface area contributed by atoms with E-state index in [0.29, 0.717) is 46.3 Å². The van der Waals surface area contributed by atoms with E-state index in [1.165, 1.54) is 3.97 Å². The molecule has 2 aromatic rings. The van der Waals surface area contributed by atoms with Gasteiger partial charge in [-0.15, -0.1) is 0 Å². The Labute approximate surface area is 153 Å². The van der Waals surface area contributed by atoms with E-state index in [2.05, 4.69) is 4.72 Å². The van der Waals surface area contributed by atoms with Crippen LogP contribution in [0.15, 0.2) is 12.1 Å². The van der Waals surface area contributed by atoms with Crippen LogP contribution in [0.3, 0.4) is 0 Å². The predicted molar refractivity (Wildman–Crippen MR) is 102 cm³/mol. The van der Waals surface area contributed by atoms with Crippen LogP contribution in [0.2, 0.25) is 0 Å². The highest BCUT2D eigenvalue weighted by molar-refractivity contribution is 7.92. The van der Waals surface area contributed by atoms with E-state index in [4.69, 9.17) is 0 Å². The number of hydrogen-bond acceptors (Lipinski definition) is 5. The third kappa shape index (κ3) is 3.25. The Balaban J connectivity index is 2.44. The molecule has 0 aliphatic heterocycles. The number of nitrogens with zero attached hydrogens (tertiary/aromatic N) is 1. The van der Waals surface area contributed by atoms with Crippen molar-refractivity contribution in [1.29, 1.82) is 0 Å². The molecular weight excluding hydrogens is 376 g/mol. The molecule has 0 spiro atoms. The van der Waals surface area contributed by atoms with E-state index in [1.807, 2.05) is 13.8 Å². The van der Waals surface area contributed by atoms with Crippen molar-refractivity contribution in [3.8, 4) is 0 Å². The first-order valence-corrected chi connectivity index (χ1v) is 11.8. The second-order valence-corrected chi connectivity index (χ2v) is 11.4. The van der Waals surface area contributed by atoms with Crippen molar-refractivity contribution in [2.45, 2.75) is 33.6 Å². The lowest BCUT2D eigenvalue weighted by atomic mass is 9.76. The van der Waals surface area contributed by atoms with Gasteiger partial charge in [-0.25, -0.2) is 20.8 Å². The van der Waals surface area contributed by atoms with E-state index in [1.54, 1.807) is 19.1 Å². The number of fused-ring (bicyclic) bond motifs is 3. The lowest BCUT2D eigenvalue weighted by Crippen LogP contribution is -2.29. The zero-order valence-corrected chi connectivity index (χ0v) is 17.0. The second-order valence-electron chi connectivity index (χ2n) is 7.85. The lowest BCUT2D eigenvalue weighted by molar-refractivity contribution is 0.0913. The maximum atomic E-state index is 12.8. The van der Waals surface area contributed by atoms with E-state index < -0.39 is 20.0 Å². The fraction of sp³-hybridized carbons (Fsp3) is 0.471. The number of ketones is 1. The fourth-order valence-corrected chi connectivity index (χ4v) is 5.35. The largest absolute Gasteiger partial charge is 0.294 e. The van der Waals surface area contributed by atoms with E-state index in [0.717, 1.165) is 12.5 Å². The first kappa shape index (κ1) is 18.9. The highest BCUT2D eigenvalue weighted by atomic mass is 32.2. The molecule has 3 rings (SSSR count). The van der Waals surface area contributed by atoms with E-state index in [9.17, 15) is 21.6 Å². The normalized spacial score (nSPS) is 17.3. The highest BCUT2D eigenvalue weighted by Crippen LogP contribution is 2.41. The number of anilines is 1. The third-order valence-corrected chi connectivity index (χ3v) is 6.23. The van der Waals surface area contributed by atoms with Gasteiger partial charge in [-0.1, -0.05) is 13.8 Å².